The molecule has 90 valence electrons. The second-order valence-corrected chi connectivity index (χ2v) is 4.61. The molecule has 1 aromatic carbocycles. The predicted molar refractivity (Wildman–Crippen MR) is 67.0 cm³/mol. The molecule has 0 aliphatic carbocycles. The van der Waals surface area contributed by atoms with Crippen molar-refractivity contribution in [3.63, 3.8) is 0 Å². The summed E-state index contributed by atoms with van der Waals surface area (Å²) in [4.78, 5) is 0. The Morgan fingerprint density at radius 1 is 1.44 bits per heavy atom. The Balaban J connectivity index is 2.34. The van der Waals surface area contributed by atoms with Gasteiger partial charge in [-0.25, -0.2) is 0 Å². The van der Waals surface area contributed by atoms with Crippen LogP contribution in [0.25, 0.3) is 0 Å². The van der Waals surface area contributed by atoms with Crippen LogP contribution in [0, 0.1) is 5.92 Å². The first kappa shape index (κ1) is 13.3. The quantitative estimate of drug-likeness (QED) is 0.827. The molecule has 0 fully saturated rings. The topological polar surface area (TPSA) is 29.5 Å². The van der Waals surface area contributed by atoms with Crippen LogP contribution in [0.15, 0.2) is 24.3 Å². The van der Waals surface area contributed by atoms with Crippen molar-refractivity contribution in [2.24, 2.45) is 5.92 Å². The smallest absolute Gasteiger partial charge is 0.120 e. The zero-order valence-corrected chi connectivity index (χ0v) is 10.6. The summed E-state index contributed by atoms with van der Waals surface area (Å²) in [6.45, 7) is 4.57. The molecular formula is C13H19ClO2. The van der Waals surface area contributed by atoms with Crippen LogP contribution in [0.4, 0.5) is 0 Å². The number of ether oxygens (including phenoxy) is 1. The summed E-state index contributed by atoms with van der Waals surface area (Å²) < 4.78 is 5.46. The molecule has 0 spiro atoms. The molecule has 0 bridgehead atoms. The van der Waals surface area contributed by atoms with Crippen LogP contribution in [-0.2, 0) is 0 Å². The van der Waals surface area contributed by atoms with Crippen molar-refractivity contribution in [1.29, 1.82) is 0 Å². The predicted octanol–water partition coefficient (Wildman–Crippen LogP) is 3.52. The third-order valence-corrected chi connectivity index (χ3v) is 2.84. The van der Waals surface area contributed by atoms with E-state index in [1.54, 1.807) is 12.1 Å². The van der Waals surface area contributed by atoms with Gasteiger partial charge in [0.25, 0.3) is 0 Å². The third-order valence-electron chi connectivity index (χ3n) is 2.61. The van der Waals surface area contributed by atoms with Crippen molar-refractivity contribution in [3.8, 4) is 5.75 Å². The van der Waals surface area contributed by atoms with E-state index in [0.29, 0.717) is 23.3 Å². The Kier molecular flexibility index (Phi) is 5.64. The number of halogens is 1. The Hall–Kier alpha value is -0.730. The molecule has 2 unspecified atom stereocenters. The minimum atomic E-state index is -0.408. The molecular weight excluding hydrogens is 224 g/mol. The molecule has 0 saturated carbocycles. The minimum Gasteiger partial charge on any atom is -0.491 e. The van der Waals surface area contributed by atoms with Crippen LogP contribution in [0.2, 0.25) is 5.02 Å². The lowest BCUT2D eigenvalue weighted by Crippen LogP contribution is -2.20. The molecule has 0 aromatic heterocycles. The number of benzene rings is 1. The van der Waals surface area contributed by atoms with Crippen LogP contribution >= 0.6 is 11.6 Å². The normalized spacial score (nSPS) is 14.5. The van der Waals surface area contributed by atoms with Gasteiger partial charge in [-0.2, -0.15) is 0 Å². The Bertz CT molecular complexity index is 315. The van der Waals surface area contributed by atoms with Crippen molar-refractivity contribution < 1.29 is 9.84 Å². The van der Waals surface area contributed by atoms with Gasteiger partial charge in [0, 0.05) is 5.02 Å². The molecule has 1 rings (SSSR count). The van der Waals surface area contributed by atoms with E-state index in [1.165, 1.54) is 0 Å². The minimum absolute atomic E-state index is 0.324. The number of rotatable bonds is 6. The SMILES string of the molecule is CCC(C)CC(O)COc1cccc(Cl)c1. The Morgan fingerprint density at radius 3 is 2.81 bits per heavy atom. The van der Waals surface area contributed by atoms with Gasteiger partial charge in [0.05, 0.1) is 6.10 Å². The molecule has 0 amide bonds. The molecule has 1 N–H and O–H groups in total. The maximum absolute atomic E-state index is 9.72. The first-order valence-electron chi connectivity index (χ1n) is 5.68. The van der Waals surface area contributed by atoms with Crippen molar-refractivity contribution in [1.82, 2.24) is 0 Å². The number of hydrogen-bond acceptors (Lipinski definition) is 2. The monoisotopic (exact) mass is 242 g/mol. The number of aliphatic hydroxyl groups is 1. The van der Waals surface area contributed by atoms with E-state index in [1.807, 2.05) is 12.1 Å². The van der Waals surface area contributed by atoms with Gasteiger partial charge in [-0.1, -0.05) is 37.9 Å². The highest BCUT2D eigenvalue weighted by molar-refractivity contribution is 6.30. The molecule has 0 aliphatic rings. The van der Waals surface area contributed by atoms with E-state index < -0.39 is 6.10 Å². The summed E-state index contributed by atoms with van der Waals surface area (Å²) in [6.07, 6.45) is 1.44. The van der Waals surface area contributed by atoms with Gasteiger partial charge in [-0.05, 0) is 30.5 Å². The second-order valence-electron chi connectivity index (χ2n) is 4.17. The summed E-state index contributed by atoms with van der Waals surface area (Å²) in [5.41, 5.74) is 0. The van der Waals surface area contributed by atoms with Crippen molar-refractivity contribution in [2.45, 2.75) is 32.8 Å². The zero-order valence-electron chi connectivity index (χ0n) is 9.82. The fraction of sp³-hybridized carbons (Fsp3) is 0.538. The summed E-state index contributed by atoms with van der Waals surface area (Å²) >= 11 is 5.82. The number of aliphatic hydroxyl groups excluding tert-OH is 1. The van der Waals surface area contributed by atoms with Crippen molar-refractivity contribution in [2.75, 3.05) is 6.61 Å². The first-order chi connectivity index (χ1) is 7.61. The Labute approximate surface area is 102 Å². The summed E-state index contributed by atoms with van der Waals surface area (Å²) in [7, 11) is 0. The van der Waals surface area contributed by atoms with E-state index in [0.717, 1.165) is 12.8 Å². The van der Waals surface area contributed by atoms with Gasteiger partial charge in [-0.15, -0.1) is 0 Å². The zero-order chi connectivity index (χ0) is 12.0. The van der Waals surface area contributed by atoms with E-state index in [2.05, 4.69) is 13.8 Å². The highest BCUT2D eigenvalue weighted by Crippen LogP contribution is 2.18. The molecule has 2 atom stereocenters. The standard InChI is InChI=1S/C13H19ClO2/c1-3-10(2)7-12(15)9-16-13-6-4-5-11(14)8-13/h4-6,8,10,12,15H,3,7,9H2,1-2H3. The summed E-state index contributed by atoms with van der Waals surface area (Å²) in [5.74, 6) is 1.23. The van der Waals surface area contributed by atoms with Crippen LogP contribution < -0.4 is 4.74 Å². The van der Waals surface area contributed by atoms with E-state index >= 15 is 0 Å². The van der Waals surface area contributed by atoms with Gasteiger partial charge in [-0.3, -0.25) is 0 Å². The van der Waals surface area contributed by atoms with E-state index in [4.69, 9.17) is 16.3 Å². The molecule has 0 radical (unpaired) electrons. The molecule has 16 heavy (non-hydrogen) atoms. The van der Waals surface area contributed by atoms with Gasteiger partial charge in [0.1, 0.15) is 12.4 Å². The molecule has 0 saturated heterocycles. The molecule has 2 nitrogen and oxygen atoms in total. The molecule has 0 heterocycles. The van der Waals surface area contributed by atoms with Crippen LogP contribution in [0.3, 0.4) is 0 Å². The summed E-state index contributed by atoms with van der Waals surface area (Å²) in [6, 6.07) is 7.21. The van der Waals surface area contributed by atoms with Crippen LogP contribution in [0.1, 0.15) is 26.7 Å². The van der Waals surface area contributed by atoms with Gasteiger partial charge >= 0.3 is 0 Å². The maximum Gasteiger partial charge on any atom is 0.120 e. The highest BCUT2D eigenvalue weighted by atomic mass is 35.5. The lowest BCUT2D eigenvalue weighted by molar-refractivity contribution is 0.0865. The molecule has 3 heteroatoms. The average Bonchev–Trinajstić information content (AvgIpc) is 2.26. The van der Waals surface area contributed by atoms with Gasteiger partial charge in [0.2, 0.25) is 0 Å². The Morgan fingerprint density at radius 2 is 2.19 bits per heavy atom. The maximum atomic E-state index is 9.72. The lowest BCUT2D eigenvalue weighted by atomic mass is 10.0. The lowest BCUT2D eigenvalue weighted by Gasteiger charge is -2.15. The highest BCUT2D eigenvalue weighted by Gasteiger charge is 2.09. The second kappa shape index (κ2) is 6.77. The number of hydrogen-bond donors (Lipinski definition) is 1. The largest absolute Gasteiger partial charge is 0.491 e. The van der Waals surface area contributed by atoms with Crippen LogP contribution in [0.5, 0.6) is 5.75 Å². The average molecular weight is 243 g/mol. The third kappa shape index (κ3) is 4.86. The van der Waals surface area contributed by atoms with E-state index in [9.17, 15) is 5.11 Å². The fourth-order valence-electron chi connectivity index (χ4n) is 1.45. The van der Waals surface area contributed by atoms with Gasteiger partial charge < -0.3 is 9.84 Å². The van der Waals surface area contributed by atoms with Crippen LogP contribution in [-0.4, -0.2) is 17.8 Å². The molecule has 0 aliphatic heterocycles. The first-order valence-corrected chi connectivity index (χ1v) is 6.06. The van der Waals surface area contributed by atoms with Crippen molar-refractivity contribution >= 4 is 11.6 Å². The summed E-state index contributed by atoms with van der Waals surface area (Å²) in [5, 5.41) is 10.4. The molecule has 1 aromatic rings. The van der Waals surface area contributed by atoms with Gasteiger partial charge in [0.15, 0.2) is 0 Å². The fourth-order valence-corrected chi connectivity index (χ4v) is 1.63. The van der Waals surface area contributed by atoms with E-state index in [-0.39, 0.29) is 0 Å². The van der Waals surface area contributed by atoms with Crippen molar-refractivity contribution in [3.05, 3.63) is 29.3 Å².